The number of nitrogens with zero attached hydrogens (tertiary/aromatic N) is 1. The number of halogens is 1. The fraction of sp³-hybridized carbons (Fsp3) is 0.143. The van der Waals surface area contributed by atoms with Crippen molar-refractivity contribution in [2.75, 3.05) is 10.8 Å². The molecule has 0 aliphatic rings. The van der Waals surface area contributed by atoms with Gasteiger partial charge in [-0.3, -0.25) is 0 Å². The van der Waals surface area contributed by atoms with E-state index in [-0.39, 0.29) is 5.88 Å². The largest absolute Gasteiger partial charge is 0.352 e. The molecule has 0 unspecified atom stereocenters. The van der Waals surface area contributed by atoms with Gasteiger partial charge in [-0.25, -0.2) is 8.42 Å². The average molecular weight is 295 g/mol. The maximum Gasteiger partial charge on any atom is 0.158 e. The lowest BCUT2D eigenvalue weighted by atomic mass is 10.2. The lowest BCUT2D eigenvalue weighted by Gasteiger charge is -2.23. The van der Waals surface area contributed by atoms with Gasteiger partial charge in [0.1, 0.15) is 5.88 Å². The highest BCUT2D eigenvalue weighted by atomic mass is 35.5. The van der Waals surface area contributed by atoms with E-state index in [1.165, 1.54) is 0 Å². The predicted octanol–water partition coefficient (Wildman–Crippen LogP) is 2.72. The zero-order valence-corrected chi connectivity index (χ0v) is 11.8. The summed E-state index contributed by atoms with van der Waals surface area (Å²) in [5, 5.41) is 0.426. The van der Waals surface area contributed by atoms with Gasteiger partial charge >= 0.3 is 0 Å². The molecule has 2 aromatic rings. The summed E-state index contributed by atoms with van der Waals surface area (Å²) in [6.45, 7) is 0.488. The second-order valence-corrected chi connectivity index (χ2v) is 5.35. The molecular formula is C14H13ClNO2S. The van der Waals surface area contributed by atoms with Gasteiger partial charge in [-0.15, -0.1) is 0 Å². The summed E-state index contributed by atoms with van der Waals surface area (Å²) in [6.07, 6.45) is 0. The molecule has 0 heterocycles. The molecule has 0 atom stereocenters. The highest BCUT2D eigenvalue weighted by Crippen LogP contribution is 2.26. The van der Waals surface area contributed by atoms with Crippen molar-refractivity contribution in [1.29, 1.82) is 0 Å². The van der Waals surface area contributed by atoms with Gasteiger partial charge in [0.2, 0.25) is 0 Å². The van der Waals surface area contributed by atoms with Crippen LogP contribution in [0.25, 0.3) is 0 Å². The summed E-state index contributed by atoms with van der Waals surface area (Å²) < 4.78 is 22.1. The topological polar surface area (TPSA) is 37.4 Å². The molecule has 0 aliphatic carbocycles. The molecule has 5 heteroatoms. The molecule has 0 saturated carbocycles. The van der Waals surface area contributed by atoms with Crippen LogP contribution in [0.3, 0.4) is 0 Å². The second kappa shape index (κ2) is 6.59. The van der Waals surface area contributed by atoms with Crippen LogP contribution in [0.2, 0.25) is 5.02 Å². The molecule has 0 aromatic heterocycles. The minimum Gasteiger partial charge on any atom is -0.352 e. The molecule has 99 valence electrons. The second-order valence-electron chi connectivity index (χ2n) is 4.03. The standard InChI is InChI=1S/C14H13ClNO2S/c15-13-8-4-5-9-14(13)16(11-19(17)18)10-12-6-2-1-3-7-12/h1-7,9,19H,10-11H2. The van der Waals surface area contributed by atoms with Crippen molar-refractivity contribution in [3.63, 3.8) is 0 Å². The smallest absolute Gasteiger partial charge is 0.158 e. The maximum absolute atomic E-state index is 11.0. The summed E-state index contributed by atoms with van der Waals surface area (Å²) in [5.41, 5.74) is 1.70. The molecule has 0 saturated heterocycles. The molecule has 19 heavy (non-hydrogen) atoms. The Kier molecular flexibility index (Phi) is 4.82. The highest BCUT2D eigenvalue weighted by Gasteiger charge is 2.11. The molecule has 1 radical (unpaired) electrons. The molecular weight excluding hydrogens is 282 g/mol. The lowest BCUT2D eigenvalue weighted by Crippen LogP contribution is -2.25. The molecule has 0 N–H and O–H groups in total. The Morgan fingerprint density at radius 3 is 2.47 bits per heavy atom. The van der Waals surface area contributed by atoms with Crippen molar-refractivity contribution in [3.05, 3.63) is 65.2 Å². The molecule has 2 rings (SSSR count). The van der Waals surface area contributed by atoms with Gasteiger partial charge in [-0.1, -0.05) is 54.1 Å². The first kappa shape index (κ1) is 13.9. The van der Waals surface area contributed by atoms with E-state index in [9.17, 15) is 8.42 Å². The van der Waals surface area contributed by atoms with Crippen molar-refractivity contribution in [3.8, 4) is 0 Å². The van der Waals surface area contributed by atoms with Crippen LogP contribution in [0.5, 0.6) is 0 Å². The molecule has 0 fully saturated rings. The molecule has 0 amide bonds. The van der Waals surface area contributed by atoms with Gasteiger partial charge < -0.3 is 4.90 Å². The van der Waals surface area contributed by atoms with E-state index in [4.69, 9.17) is 11.6 Å². The van der Waals surface area contributed by atoms with Crippen LogP contribution in [0.1, 0.15) is 5.56 Å². The van der Waals surface area contributed by atoms with E-state index >= 15 is 0 Å². The fourth-order valence-corrected chi connectivity index (χ4v) is 2.58. The quantitative estimate of drug-likeness (QED) is 0.862. The zero-order valence-electron chi connectivity index (χ0n) is 10.1. The molecule has 0 aliphatic heterocycles. The van der Waals surface area contributed by atoms with E-state index in [1.54, 1.807) is 23.1 Å². The fourth-order valence-electron chi connectivity index (χ4n) is 1.81. The van der Waals surface area contributed by atoms with Crippen molar-refractivity contribution in [1.82, 2.24) is 0 Å². The average Bonchev–Trinajstić information content (AvgIpc) is 2.39. The maximum atomic E-state index is 11.0. The van der Waals surface area contributed by atoms with Gasteiger partial charge in [0, 0.05) is 12.6 Å². The van der Waals surface area contributed by atoms with Crippen molar-refractivity contribution >= 4 is 28.0 Å². The van der Waals surface area contributed by atoms with Crippen LogP contribution in [0.4, 0.5) is 5.69 Å². The third-order valence-corrected chi connectivity index (χ3v) is 3.50. The SMILES string of the molecule is O=[SH](=O)CN(Cc1ccccc1)c1ccc[c]c1Cl. The third kappa shape index (κ3) is 3.98. The summed E-state index contributed by atoms with van der Waals surface area (Å²) in [5.74, 6) is -0.0677. The lowest BCUT2D eigenvalue weighted by molar-refractivity contribution is 0.611. The van der Waals surface area contributed by atoms with E-state index < -0.39 is 10.7 Å². The Labute approximate surface area is 119 Å². The van der Waals surface area contributed by atoms with Crippen LogP contribution in [-0.4, -0.2) is 14.3 Å². The Morgan fingerprint density at radius 2 is 1.84 bits per heavy atom. The number of hydrogen-bond donors (Lipinski definition) is 1. The molecule has 0 bridgehead atoms. The minimum atomic E-state index is -2.52. The first-order chi connectivity index (χ1) is 9.16. The summed E-state index contributed by atoms with van der Waals surface area (Å²) in [4.78, 5) is 1.72. The molecule has 2 aromatic carbocycles. The minimum absolute atomic E-state index is 0.0677. The normalized spacial score (nSPS) is 10.6. The van der Waals surface area contributed by atoms with Crippen molar-refractivity contribution in [2.45, 2.75) is 6.54 Å². The van der Waals surface area contributed by atoms with Crippen LogP contribution < -0.4 is 4.90 Å². The van der Waals surface area contributed by atoms with E-state index in [2.05, 4.69) is 6.07 Å². The summed E-state index contributed by atoms with van der Waals surface area (Å²) in [7, 11) is -2.52. The zero-order chi connectivity index (χ0) is 13.7. The number of thiol groups is 1. The summed E-state index contributed by atoms with van der Waals surface area (Å²) in [6, 6.07) is 17.8. The van der Waals surface area contributed by atoms with Gasteiger partial charge in [0.15, 0.2) is 10.7 Å². The number of hydrogen-bond acceptors (Lipinski definition) is 3. The number of anilines is 1. The molecule has 3 nitrogen and oxygen atoms in total. The Bertz CT molecular complexity index is 606. The van der Waals surface area contributed by atoms with Crippen molar-refractivity contribution < 1.29 is 8.42 Å². The van der Waals surface area contributed by atoms with Gasteiger partial charge in [-0.05, 0) is 11.6 Å². The van der Waals surface area contributed by atoms with Gasteiger partial charge in [-0.2, -0.15) is 0 Å². The van der Waals surface area contributed by atoms with Crippen LogP contribution in [0, 0.1) is 6.07 Å². The van der Waals surface area contributed by atoms with E-state index in [1.807, 2.05) is 30.3 Å². The highest BCUT2D eigenvalue weighted by molar-refractivity contribution is 7.72. The van der Waals surface area contributed by atoms with E-state index in [0.717, 1.165) is 5.56 Å². The Balaban J connectivity index is 2.29. The van der Waals surface area contributed by atoms with Crippen LogP contribution in [-0.2, 0) is 17.2 Å². The number of rotatable bonds is 5. The first-order valence-corrected chi connectivity index (χ1v) is 7.48. The third-order valence-electron chi connectivity index (χ3n) is 2.63. The van der Waals surface area contributed by atoms with Crippen LogP contribution >= 0.6 is 11.6 Å². The first-order valence-electron chi connectivity index (χ1n) is 5.73. The van der Waals surface area contributed by atoms with Crippen molar-refractivity contribution in [2.24, 2.45) is 0 Å². The Hall–Kier alpha value is -1.52. The van der Waals surface area contributed by atoms with Crippen LogP contribution in [0.15, 0.2) is 48.5 Å². The predicted molar refractivity (Wildman–Crippen MR) is 78.1 cm³/mol. The Morgan fingerprint density at radius 1 is 1.11 bits per heavy atom. The molecule has 0 spiro atoms. The summed E-state index contributed by atoms with van der Waals surface area (Å²) >= 11 is 6.07. The van der Waals surface area contributed by atoms with Gasteiger partial charge in [0.05, 0.1) is 10.7 Å². The monoisotopic (exact) mass is 294 g/mol. The van der Waals surface area contributed by atoms with E-state index in [0.29, 0.717) is 17.3 Å². The number of benzene rings is 2. The van der Waals surface area contributed by atoms with Gasteiger partial charge in [0.25, 0.3) is 0 Å².